The number of piperazine rings is 1. The first-order valence-corrected chi connectivity index (χ1v) is 7.65. The Morgan fingerprint density at radius 3 is 2.00 bits per heavy atom. The summed E-state index contributed by atoms with van der Waals surface area (Å²) in [5.74, 6) is -0.408. The summed E-state index contributed by atoms with van der Waals surface area (Å²) in [5, 5.41) is 12.4. The third-order valence-corrected chi connectivity index (χ3v) is 3.41. The van der Waals surface area contributed by atoms with Gasteiger partial charge in [0.1, 0.15) is 11.2 Å². The number of rotatable bonds is 3. The van der Waals surface area contributed by atoms with Crippen LogP contribution in [0.5, 0.6) is 0 Å². The predicted octanol–water partition coefficient (Wildman–Crippen LogP) is 0.772. The lowest BCUT2D eigenvalue weighted by molar-refractivity contribution is -0.138. The molecule has 0 aromatic carbocycles. The van der Waals surface area contributed by atoms with Crippen LogP contribution in [-0.4, -0.2) is 70.5 Å². The van der Waals surface area contributed by atoms with Gasteiger partial charge in [-0.2, -0.15) is 0 Å². The molecule has 7 heteroatoms. The number of hydrogen-bond acceptors (Lipinski definition) is 5. The molecule has 1 saturated heterocycles. The number of aliphatic hydroxyl groups is 1. The van der Waals surface area contributed by atoms with Crippen LogP contribution in [0.15, 0.2) is 0 Å². The van der Waals surface area contributed by atoms with Gasteiger partial charge in [-0.25, -0.2) is 4.79 Å². The minimum absolute atomic E-state index is 0.195. The van der Waals surface area contributed by atoms with Gasteiger partial charge in [-0.15, -0.1) is 0 Å². The maximum absolute atomic E-state index is 12.0. The minimum Gasteiger partial charge on any atom is -0.444 e. The number of nitrogens with zero attached hydrogens (tertiary/aromatic N) is 2. The highest BCUT2D eigenvalue weighted by Crippen LogP contribution is 2.13. The van der Waals surface area contributed by atoms with Crippen LogP contribution in [0.2, 0.25) is 0 Å². The fourth-order valence-corrected chi connectivity index (χ4v) is 2.08. The third kappa shape index (κ3) is 5.81. The molecule has 0 aromatic heterocycles. The van der Waals surface area contributed by atoms with Crippen molar-refractivity contribution >= 4 is 12.0 Å². The number of nitrogens with one attached hydrogen (secondary N) is 1. The van der Waals surface area contributed by atoms with Gasteiger partial charge in [-0.3, -0.25) is 9.69 Å². The number of ether oxygens (including phenoxy) is 1. The zero-order valence-corrected chi connectivity index (χ0v) is 14.5. The molecule has 2 N–H and O–H groups in total. The standard InChI is InChI=1S/C15H29N3O4/c1-11(16-12(19)15(5,6)21)17-7-9-18(10-8-17)13(20)22-14(2,3)4/h11,21H,7-10H2,1-6H3,(H,16,19). The van der Waals surface area contributed by atoms with E-state index >= 15 is 0 Å². The molecular weight excluding hydrogens is 286 g/mol. The van der Waals surface area contributed by atoms with Crippen molar-refractivity contribution in [2.75, 3.05) is 26.2 Å². The fraction of sp³-hybridized carbons (Fsp3) is 0.867. The van der Waals surface area contributed by atoms with E-state index < -0.39 is 17.1 Å². The number of carbonyl (C=O) groups excluding carboxylic acids is 2. The summed E-state index contributed by atoms with van der Waals surface area (Å²) < 4.78 is 5.35. The average Bonchev–Trinajstić information content (AvgIpc) is 2.35. The topological polar surface area (TPSA) is 82.1 Å². The second-order valence-electron chi connectivity index (χ2n) is 7.21. The van der Waals surface area contributed by atoms with Crippen molar-refractivity contribution < 1.29 is 19.4 Å². The van der Waals surface area contributed by atoms with E-state index in [0.29, 0.717) is 26.2 Å². The van der Waals surface area contributed by atoms with Crippen molar-refractivity contribution in [1.82, 2.24) is 15.1 Å². The molecule has 1 fully saturated rings. The lowest BCUT2D eigenvalue weighted by Crippen LogP contribution is -2.58. The Kier molecular flexibility index (Phi) is 5.81. The summed E-state index contributed by atoms with van der Waals surface area (Å²) in [6, 6.07) is 0. The molecule has 0 aliphatic carbocycles. The van der Waals surface area contributed by atoms with Gasteiger partial charge in [0, 0.05) is 26.2 Å². The van der Waals surface area contributed by atoms with Crippen LogP contribution >= 0.6 is 0 Å². The van der Waals surface area contributed by atoms with Gasteiger partial charge in [0.25, 0.3) is 5.91 Å². The maximum atomic E-state index is 12.0. The average molecular weight is 315 g/mol. The molecule has 0 spiro atoms. The van der Waals surface area contributed by atoms with Gasteiger partial charge >= 0.3 is 6.09 Å². The molecule has 0 bridgehead atoms. The van der Waals surface area contributed by atoms with E-state index in [-0.39, 0.29) is 12.3 Å². The number of hydrogen-bond donors (Lipinski definition) is 2. The normalized spacial score (nSPS) is 18.8. The van der Waals surface area contributed by atoms with Crippen molar-refractivity contribution in [1.29, 1.82) is 0 Å². The van der Waals surface area contributed by atoms with Crippen LogP contribution < -0.4 is 5.32 Å². The zero-order chi connectivity index (χ0) is 17.1. The van der Waals surface area contributed by atoms with Gasteiger partial charge in [-0.1, -0.05) is 0 Å². The van der Waals surface area contributed by atoms with E-state index in [9.17, 15) is 14.7 Å². The lowest BCUT2D eigenvalue weighted by atomic mass is 10.1. The SMILES string of the molecule is CC(NC(=O)C(C)(C)O)N1CCN(C(=O)OC(C)(C)C)CC1. The molecule has 1 heterocycles. The Morgan fingerprint density at radius 2 is 1.59 bits per heavy atom. The van der Waals surface area contributed by atoms with Gasteiger partial charge in [0.05, 0.1) is 6.17 Å². The largest absolute Gasteiger partial charge is 0.444 e. The molecule has 2 amide bonds. The molecule has 1 unspecified atom stereocenters. The summed E-state index contributed by atoms with van der Waals surface area (Å²) in [5.41, 5.74) is -1.89. The molecule has 0 saturated carbocycles. The van der Waals surface area contributed by atoms with Crippen molar-refractivity contribution in [2.24, 2.45) is 0 Å². The highest BCUT2D eigenvalue weighted by Gasteiger charge is 2.30. The Balaban J connectivity index is 2.45. The van der Waals surface area contributed by atoms with Gasteiger partial charge in [0.15, 0.2) is 0 Å². The van der Waals surface area contributed by atoms with E-state index in [0.717, 1.165) is 0 Å². The monoisotopic (exact) mass is 315 g/mol. The van der Waals surface area contributed by atoms with Crippen LogP contribution in [0.25, 0.3) is 0 Å². The summed E-state index contributed by atoms with van der Waals surface area (Å²) in [4.78, 5) is 27.5. The highest BCUT2D eigenvalue weighted by molar-refractivity contribution is 5.84. The summed E-state index contributed by atoms with van der Waals surface area (Å²) in [6.07, 6.45) is -0.500. The van der Waals surface area contributed by atoms with Crippen molar-refractivity contribution in [2.45, 2.75) is 58.9 Å². The summed E-state index contributed by atoms with van der Waals surface area (Å²) >= 11 is 0. The first-order valence-electron chi connectivity index (χ1n) is 7.65. The van der Waals surface area contributed by atoms with Crippen LogP contribution in [0.4, 0.5) is 4.79 Å². The second-order valence-corrected chi connectivity index (χ2v) is 7.21. The van der Waals surface area contributed by atoms with Crippen molar-refractivity contribution in [3.8, 4) is 0 Å². The Hall–Kier alpha value is -1.34. The Bertz CT molecular complexity index is 404. The quantitative estimate of drug-likeness (QED) is 0.804. The number of carbonyl (C=O) groups is 2. The van der Waals surface area contributed by atoms with Crippen LogP contribution in [-0.2, 0) is 9.53 Å². The van der Waals surface area contributed by atoms with E-state index in [1.807, 2.05) is 27.7 Å². The molecular formula is C15H29N3O4. The minimum atomic E-state index is -1.40. The molecule has 0 aromatic rings. The second kappa shape index (κ2) is 6.83. The fourth-order valence-electron chi connectivity index (χ4n) is 2.08. The molecule has 0 radical (unpaired) electrons. The molecule has 1 aliphatic heterocycles. The van der Waals surface area contributed by atoms with Gasteiger partial charge in [0.2, 0.25) is 0 Å². The highest BCUT2D eigenvalue weighted by atomic mass is 16.6. The van der Waals surface area contributed by atoms with Crippen molar-refractivity contribution in [3.63, 3.8) is 0 Å². The molecule has 1 rings (SSSR count). The van der Waals surface area contributed by atoms with Crippen LogP contribution in [0.1, 0.15) is 41.5 Å². The van der Waals surface area contributed by atoms with E-state index in [1.54, 1.807) is 4.90 Å². The maximum Gasteiger partial charge on any atom is 0.410 e. The summed E-state index contributed by atoms with van der Waals surface area (Å²) in [7, 11) is 0. The number of amides is 2. The van der Waals surface area contributed by atoms with E-state index in [4.69, 9.17) is 4.74 Å². The summed E-state index contributed by atoms with van der Waals surface area (Å²) in [6.45, 7) is 12.7. The van der Waals surface area contributed by atoms with Crippen molar-refractivity contribution in [3.05, 3.63) is 0 Å². The van der Waals surface area contributed by atoms with Gasteiger partial charge < -0.3 is 20.1 Å². The zero-order valence-electron chi connectivity index (χ0n) is 14.5. The van der Waals surface area contributed by atoms with E-state index in [1.165, 1.54) is 13.8 Å². The predicted molar refractivity (Wildman–Crippen MR) is 83.3 cm³/mol. The first-order chi connectivity index (χ1) is 9.90. The Labute approximate surface area is 132 Å². The van der Waals surface area contributed by atoms with Gasteiger partial charge in [-0.05, 0) is 41.5 Å². The molecule has 1 atom stereocenters. The lowest BCUT2D eigenvalue weighted by Gasteiger charge is -2.39. The smallest absolute Gasteiger partial charge is 0.410 e. The molecule has 7 nitrogen and oxygen atoms in total. The van der Waals surface area contributed by atoms with E-state index in [2.05, 4.69) is 10.2 Å². The molecule has 128 valence electrons. The van der Waals surface area contributed by atoms with Crippen LogP contribution in [0.3, 0.4) is 0 Å². The first kappa shape index (κ1) is 18.7. The molecule has 1 aliphatic rings. The Morgan fingerprint density at radius 1 is 1.09 bits per heavy atom. The van der Waals surface area contributed by atoms with Crippen LogP contribution in [0, 0.1) is 0 Å². The molecule has 22 heavy (non-hydrogen) atoms. The third-order valence-electron chi connectivity index (χ3n) is 3.41.